The predicted octanol–water partition coefficient (Wildman–Crippen LogP) is 4.89. The number of hydrogen-bond donors (Lipinski definition) is 1. The zero-order chi connectivity index (χ0) is 16.2. The molecule has 0 radical (unpaired) electrons. The third kappa shape index (κ3) is 3.66. The minimum absolute atomic E-state index is 0.0864. The van der Waals surface area contributed by atoms with Crippen LogP contribution in [0.2, 0.25) is 0 Å². The first-order valence-electron chi connectivity index (χ1n) is 7.75. The minimum atomic E-state index is -0.123. The monoisotopic (exact) mass is 321 g/mol. The Morgan fingerprint density at radius 3 is 1.30 bits per heavy atom. The molecule has 0 aliphatic carbocycles. The Labute approximate surface area is 141 Å². The van der Waals surface area contributed by atoms with Gasteiger partial charge in [-0.05, 0) is 55.8 Å². The summed E-state index contributed by atoms with van der Waals surface area (Å²) in [7, 11) is -0.123. The summed E-state index contributed by atoms with van der Waals surface area (Å²) in [6, 6.07) is 25.9. The molecule has 0 spiro atoms. The summed E-state index contributed by atoms with van der Waals surface area (Å²) in [6.07, 6.45) is 0. The molecule has 0 atom stereocenters. The van der Waals surface area contributed by atoms with Gasteiger partial charge >= 0.3 is 0 Å². The highest BCUT2D eigenvalue weighted by molar-refractivity contribution is 7.97. The van der Waals surface area contributed by atoms with Crippen molar-refractivity contribution in [3.63, 3.8) is 0 Å². The Morgan fingerprint density at radius 1 is 0.609 bits per heavy atom. The standard InChI is InChI=1S/C21H21OS/c1-16-3-9-19(10-4-16)23(20-11-5-17(2)6-12-20)21-13-7-18(15-22)8-14-21/h3-14,22H,15H2,1-2H3/q+1. The first kappa shape index (κ1) is 15.9. The van der Waals surface area contributed by atoms with Crippen molar-refractivity contribution in [3.05, 3.63) is 89.5 Å². The zero-order valence-electron chi connectivity index (χ0n) is 13.5. The number of aliphatic hydroxyl groups is 1. The normalized spacial score (nSPS) is 11.0. The van der Waals surface area contributed by atoms with Gasteiger partial charge in [0.2, 0.25) is 0 Å². The maximum Gasteiger partial charge on any atom is 0.166 e. The number of benzene rings is 3. The van der Waals surface area contributed by atoms with Gasteiger partial charge in [0, 0.05) is 0 Å². The van der Waals surface area contributed by atoms with Gasteiger partial charge in [-0.2, -0.15) is 0 Å². The van der Waals surface area contributed by atoms with Crippen molar-refractivity contribution >= 4 is 10.9 Å². The van der Waals surface area contributed by atoms with Gasteiger partial charge in [0.05, 0.1) is 17.5 Å². The van der Waals surface area contributed by atoms with Gasteiger partial charge in [-0.3, -0.25) is 0 Å². The molecule has 0 aromatic heterocycles. The van der Waals surface area contributed by atoms with Gasteiger partial charge in [-0.25, -0.2) is 0 Å². The van der Waals surface area contributed by atoms with Crippen LogP contribution in [0.5, 0.6) is 0 Å². The second kappa shape index (κ2) is 7.03. The quantitative estimate of drug-likeness (QED) is 0.678. The molecule has 3 aromatic carbocycles. The third-order valence-electron chi connectivity index (χ3n) is 3.85. The molecular formula is C21H21OS+. The largest absolute Gasteiger partial charge is 0.392 e. The van der Waals surface area contributed by atoms with E-state index in [0.717, 1.165) is 5.56 Å². The molecule has 0 aliphatic heterocycles. The van der Waals surface area contributed by atoms with Crippen LogP contribution >= 0.6 is 0 Å². The molecule has 0 unspecified atom stereocenters. The lowest BCUT2D eigenvalue weighted by molar-refractivity contribution is 0.282. The fraction of sp³-hybridized carbons (Fsp3) is 0.143. The highest BCUT2D eigenvalue weighted by Crippen LogP contribution is 2.31. The van der Waals surface area contributed by atoms with Crippen LogP contribution in [0.25, 0.3) is 0 Å². The summed E-state index contributed by atoms with van der Waals surface area (Å²) in [5.74, 6) is 0. The Bertz CT molecular complexity index is 713. The van der Waals surface area contributed by atoms with E-state index in [0.29, 0.717) is 0 Å². The molecule has 0 heterocycles. The van der Waals surface area contributed by atoms with Crippen molar-refractivity contribution in [1.29, 1.82) is 0 Å². The molecule has 2 heteroatoms. The van der Waals surface area contributed by atoms with Crippen LogP contribution in [0.15, 0.2) is 87.5 Å². The average molecular weight is 321 g/mol. The molecule has 0 fully saturated rings. The lowest BCUT2D eigenvalue weighted by atomic mass is 10.2. The van der Waals surface area contributed by atoms with Crippen LogP contribution in [0, 0.1) is 13.8 Å². The summed E-state index contributed by atoms with van der Waals surface area (Å²) in [5.41, 5.74) is 3.50. The highest BCUT2D eigenvalue weighted by atomic mass is 32.2. The van der Waals surface area contributed by atoms with Gasteiger partial charge < -0.3 is 5.11 Å². The maximum atomic E-state index is 9.26. The van der Waals surface area contributed by atoms with E-state index < -0.39 is 0 Å². The van der Waals surface area contributed by atoms with Crippen LogP contribution in [0.1, 0.15) is 16.7 Å². The lowest BCUT2D eigenvalue weighted by Gasteiger charge is -2.09. The van der Waals surface area contributed by atoms with E-state index in [2.05, 4.69) is 74.5 Å². The molecule has 0 bridgehead atoms. The van der Waals surface area contributed by atoms with Crippen LogP contribution < -0.4 is 0 Å². The highest BCUT2D eigenvalue weighted by Gasteiger charge is 2.28. The minimum Gasteiger partial charge on any atom is -0.392 e. The molecule has 0 saturated carbocycles. The molecule has 3 aromatic rings. The van der Waals surface area contributed by atoms with Crippen LogP contribution in [0.4, 0.5) is 0 Å². The van der Waals surface area contributed by atoms with Gasteiger partial charge in [-0.1, -0.05) is 47.5 Å². The van der Waals surface area contributed by atoms with E-state index >= 15 is 0 Å². The van der Waals surface area contributed by atoms with Gasteiger partial charge in [0.1, 0.15) is 0 Å². The van der Waals surface area contributed by atoms with Crippen molar-refractivity contribution in [2.75, 3.05) is 0 Å². The van der Waals surface area contributed by atoms with E-state index in [1.54, 1.807) is 0 Å². The van der Waals surface area contributed by atoms with Crippen molar-refractivity contribution < 1.29 is 5.11 Å². The average Bonchev–Trinajstić information content (AvgIpc) is 2.59. The number of aryl methyl sites for hydroxylation is 2. The first-order chi connectivity index (χ1) is 11.2. The second-order valence-corrected chi connectivity index (χ2v) is 7.76. The van der Waals surface area contributed by atoms with Crippen LogP contribution in [-0.4, -0.2) is 5.11 Å². The second-order valence-electron chi connectivity index (χ2n) is 5.73. The molecule has 23 heavy (non-hydrogen) atoms. The molecule has 116 valence electrons. The Hall–Kier alpha value is -2.03. The van der Waals surface area contributed by atoms with Crippen LogP contribution in [0.3, 0.4) is 0 Å². The lowest BCUT2D eigenvalue weighted by Crippen LogP contribution is -2.05. The SMILES string of the molecule is Cc1ccc([S+](c2ccc(C)cc2)c2ccc(CO)cc2)cc1. The van der Waals surface area contributed by atoms with Crippen LogP contribution in [-0.2, 0) is 17.5 Å². The molecule has 0 amide bonds. The summed E-state index contributed by atoms with van der Waals surface area (Å²) in [5, 5.41) is 9.26. The molecule has 1 nitrogen and oxygen atoms in total. The molecule has 1 N–H and O–H groups in total. The van der Waals surface area contributed by atoms with Gasteiger partial charge in [0.15, 0.2) is 14.7 Å². The van der Waals surface area contributed by atoms with E-state index in [4.69, 9.17) is 0 Å². The molecule has 0 aliphatic rings. The van der Waals surface area contributed by atoms with E-state index in [9.17, 15) is 5.11 Å². The van der Waals surface area contributed by atoms with Gasteiger partial charge in [-0.15, -0.1) is 0 Å². The Kier molecular flexibility index (Phi) is 4.85. The van der Waals surface area contributed by atoms with Gasteiger partial charge in [0.25, 0.3) is 0 Å². The van der Waals surface area contributed by atoms with E-state index in [1.807, 2.05) is 12.1 Å². The predicted molar refractivity (Wildman–Crippen MR) is 96.9 cm³/mol. The molecule has 3 rings (SSSR count). The fourth-order valence-electron chi connectivity index (χ4n) is 2.49. The summed E-state index contributed by atoms with van der Waals surface area (Å²) in [6.45, 7) is 4.32. The van der Waals surface area contributed by atoms with Crippen molar-refractivity contribution in [2.24, 2.45) is 0 Å². The number of hydrogen-bond acceptors (Lipinski definition) is 1. The van der Waals surface area contributed by atoms with Crippen molar-refractivity contribution in [1.82, 2.24) is 0 Å². The fourth-order valence-corrected chi connectivity index (χ4v) is 4.53. The number of aliphatic hydroxyl groups excluding tert-OH is 1. The smallest absolute Gasteiger partial charge is 0.166 e. The molecule has 0 saturated heterocycles. The van der Waals surface area contributed by atoms with Crippen molar-refractivity contribution in [3.8, 4) is 0 Å². The summed E-state index contributed by atoms with van der Waals surface area (Å²) >= 11 is 0. The van der Waals surface area contributed by atoms with E-state index in [1.165, 1.54) is 25.8 Å². The third-order valence-corrected chi connectivity index (χ3v) is 6.09. The Balaban J connectivity index is 2.08. The summed E-state index contributed by atoms with van der Waals surface area (Å²) < 4.78 is 0. The van der Waals surface area contributed by atoms with E-state index in [-0.39, 0.29) is 17.5 Å². The molecular weight excluding hydrogens is 300 g/mol. The Morgan fingerprint density at radius 2 is 0.957 bits per heavy atom. The first-order valence-corrected chi connectivity index (χ1v) is 8.97. The zero-order valence-corrected chi connectivity index (χ0v) is 14.3. The van der Waals surface area contributed by atoms with Crippen molar-refractivity contribution in [2.45, 2.75) is 35.1 Å². The maximum absolute atomic E-state index is 9.26. The number of rotatable bonds is 4. The topological polar surface area (TPSA) is 20.2 Å². The summed E-state index contributed by atoms with van der Waals surface area (Å²) in [4.78, 5) is 3.90.